The van der Waals surface area contributed by atoms with E-state index < -0.39 is 11.9 Å². The Kier molecular flexibility index (Phi) is 6.17. The largest absolute Gasteiger partial charge is 0.508 e. The van der Waals surface area contributed by atoms with Gasteiger partial charge in [0.05, 0.1) is 6.04 Å². The molecule has 1 unspecified atom stereocenters. The number of nitrogens with zero attached hydrogens (tertiary/aromatic N) is 2. The number of aliphatic hydroxyl groups is 1. The van der Waals surface area contributed by atoms with Crippen molar-refractivity contribution in [3.63, 3.8) is 0 Å². The predicted octanol–water partition coefficient (Wildman–Crippen LogP) is 5.00. The van der Waals surface area contributed by atoms with Crippen LogP contribution in [0.15, 0.2) is 67.4 Å². The lowest BCUT2D eigenvalue weighted by atomic mass is 9.99. The van der Waals surface area contributed by atoms with Gasteiger partial charge in [-0.15, -0.1) is 0 Å². The van der Waals surface area contributed by atoms with Crippen LogP contribution in [0.3, 0.4) is 0 Å². The fraction of sp³-hybridized carbons (Fsp3) is 0.160. The van der Waals surface area contributed by atoms with Crippen LogP contribution in [-0.2, 0) is 11.3 Å². The molecule has 168 valence electrons. The highest BCUT2D eigenvalue weighted by atomic mass is 19.1. The Labute approximate surface area is 189 Å². The summed E-state index contributed by atoms with van der Waals surface area (Å²) in [6, 6.07) is 12.5. The maximum atomic E-state index is 14.7. The van der Waals surface area contributed by atoms with E-state index in [-0.39, 0.29) is 53.9 Å². The average Bonchev–Trinajstić information content (AvgIpc) is 3.06. The van der Waals surface area contributed by atoms with Gasteiger partial charge in [-0.05, 0) is 48.4 Å². The van der Waals surface area contributed by atoms with E-state index in [1.54, 1.807) is 24.3 Å². The number of rotatable bonds is 7. The molecule has 0 saturated heterocycles. The van der Waals surface area contributed by atoms with E-state index in [2.05, 4.69) is 16.9 Å². The first-order valence-corrected chi connectivity index (χ1v) is 10.3. The number of carbonyl (C=O) groups excluding carboxylic acids is 2. The maximum Gasteiger partial charge on any atom is 0.255 e. The second kappa shape index (κ2) is 9.20. The molecule has 0 spiro atoms. The molecule has 0 bridgehead atoms. The minimum atomic E-state index is -0.641. The van der Waals surface area contributed by atoms with Crippen molar-refractivity contribution >= 4 is 23.4 Å². The van der Waals surface area contributed by atoms with Gasteiger partial charge in [-0.25, -0.2) is 13.8 Å². The molecular weight excluding hydrogens is 428 g/mol. The van der Waals surface area contributed by atoms with Gasteiger partial charge in [0.25, 0.3) is 5.91 Å². The van der Waals surface area contributed by atoms with Gasteiger partial charge in [-0.2, -0.15) is 0 Å². The molecule has 2 heterocycles. The van der Waals surface area contributed by atoms with Crippen molar-refractivity contribution in [1.82, 2.24) is 9.88 Å². The smallest absolute Gasteiger partial charge is 0.255 e. The second-order valence-corrected chi connectivity index (χ2v) is 7.74. The Morgan fingerprint density at radius 1 is 1.12 bits per heavy atom. The van der Waals surface area contributed by atoms with E-state index in [0.29, 0.717) is 16.9 Å². The highest BCUT2D eigenvalue weighted by Crippen LogP contribution is 2.39. The Hall–Kier alpha value is -4.07. The fourth-order valence-electron chi connectivity index (χ4n) is 3.89. The van der Waals surface area contributed by atoms with Crippen LogP contribution in [-0.4, -0.2) is 26.8 Å². The second-order valence-electron chi connectivity index (χ2n) is 7.74. The van der Waals surface area contributed by atoms with E-state index in [0.717, 1.165) is 0 Å². The van der Waals surface area contributed by atoms with E-state index in [4.69, 9.17) is 0 Å². The number of carbonyl (C=O) groups is 2. The van der Waals surface area contributed by atoms with Gasteiger partial charge in [0.1, 0.15) is 23.2 Å². The fourth-order valence-corrected chi connectivity index (χ4v) is 3.89. The Bertz CT molecular complexity index is 1210. The summed E-state index contributed by atoms with van der Waals surface area (Å²) in [5.74, 6) is -1.42. The van der Waals surface area contributed by atoms with Gasteiger partial charge in [0, 0.05) is 35.9 Å². The molecule has 0 saturated carbocycles. The van der Waals surface area contributed by atoms with Crippen LogP contribution in [0, 0.1) is 11.6 Å². The summed E-state index contributed by atoms with van der Waals surface area (Å²) in [7, 11) is 0. The lowest BCUT2D eigenvalue weighted by molar-refractivity contribution is -0.116. The molecule has 0 fully saturated rings. The Morgan fingerprint density at radius 2 is 1.88 bits per heavy atom. The number of halogens is 2. The van der Waals surface area contributed by atoms with Gasteiger partial charge in [-0.1, -0.05) is 24.8 Å². The molecule has 0 radical (unpaired) electrons. The SMILES string of the molecule is C=C(O)c1ccc(NC(=O)CCC2c3c(F)cccc3C(=O)N2Cc2ccc(F)cc2)nc1. The summed E-state index contributed by atoms with van der Waals surface area (Å²) in [6.07, 6.45) is 1.59. The summed E-state index contributed by atoms with van der Waals surface area (Å²) in [5, 5.41) is 12.0. The van der Waals surface area contributed by atoms with Crippen LogP contribution in [0.1, 0.15) is 45.9 Å². The molecule has 2 aromatic carbocycles. The number of aromatic nitrogens is 1. The number of nitrogens with one attached hydrogen (secondary N) is 1. The highest BCUT2D eigenvalue weighted by Gasteiger charge is 2.38. The number of anilines is 1. The Morgan fingerprint density at radius 3 is 2.55 bits per heavy atom. The van der Waals surface area contributed by atoms with Crippen LogP contribution in [0.2, 0.25) is 0 Å². The molecule has 0 aliphatic carbocycles. The molecule has 6 nitrogen and oxygen atoms in total. The highest BCUT2D eigenvalue weighted by molar-refractivity contribution is 5.99. The number of hydrogen-bond acceptors (Lipinski definition) is 4. The van der Waals surface area contributed by atoms with Crippen molar-refractivity contribution in [1.29, 1.82) is 0 Å². The van der Waals surface area contributed by atoms with Crippen molar-refractivity contribution in [3.05, 3.63) is 101 Å². The lowest BCUT2D eigenvalue weighted by Crippen LogP contribution is -2.28. The van der Waals surface area contributed by atoms with E-state index >= 15 is 0 Å². The monoisotopic (exact) mass is 449 g/mol. The van der Waals surface area contributed by atoms with Crippen molar-refractivity contribution in [2.45, 2.75) is 25.4 Å². The lowest BCUT2D eigenvalue weighted by Gasteiger charge is -2.25. The summed E-state index contributed by atoms with van der Waals surface area (Å²) in [4.78, 5) is 31.1. The molecule has 8 heteroatoms. The number of pyridine rings is 1. The van der Waals surface area contributed by atoms with Crippen LogP contribution >= 0.6 is 0 Å². The molecule has 4 rings (SSSR count). The molecule has 1 aromatic heterocycles. The number of benzene rings is 2. The summed E-state index contributed by atoms with van der Waals surface area (Å²) in [5.41, 5.74) is 1.66. The molecule has 1 aliphatic rings. The summed E-state index contributed by atoms with van der Waals surface area (Å²) >= 11 is 0. The van der Waals surface area contributed by atoms with Gasteiger partial charge in [0.2, 0.25) is 5.91 Å². The van der Waals surface area contributed by atoms with E-state index in [1.807, 2.05) is 0 Å². The van der Waals surface area contributed by atoms with Crippen LogP contribution in [0.5, 0.6) is 0 Å². The first-order valence-electron chi connectivity index (χ1n) is 10.3. The molecule has 3 aromatic rings. The molecule has 1 aliphatic heterocycles. The Balaban J connectivity index is 1.50. The zero-order chi connectivity index (χ0) is 23.5. The van der Waals surface area contributed by atoms with Crippen molar-refractivity contribution in [3.8, 4) is 0 Å². The standard InChI is InChI=1S/C25H21F2N3O3/c1-15(31)17-7-11-22(28-13-17)29-23(32)12-10-21-24-19(3-2-4-20(24)27)25(33)30(21)14-16-5-8-18(26)9-6-16/h2-9,11,13,21,31H,1,10,12,14H2,(H,28,29,32). The molecule has 1 atom stereocenters. The van der Waals surface area contributed by atoms with Crippen LogP contribution < -0.4 is 5.32 Å². The predicted molar refractivity (Wildman–Crippen MR) is 119 cm³/mol. The number of fused-ring (bicyclic) bond motifs is 1. The number of amides is 2. The topological polar surface area (TPSA) is 82.5 Å². The van der Waals surface area contributed by atoms with E-state index in [1.165, 1.54) is 41.4 Å². The zero-order valence-corrected chi connectivity index (χ0v) is 17.6. The van der Waals surface area contributed by atoms with Crippen LogP contribution in [0.4, 0.5) is 14.6 Å². The van der Waals surface area contributed by atoms with Crippen molar-refractivity contribution in [2.24, 2.45) is 0 Å². The minimum Gasteiger partial charge on any atom is -0.508 e. The first-order chi connectivity index (χ1) is 15.8. The average molecular weight is 449 g/mol. The normalized spacial score (nSPS) is 14.8. The molecular formula is C25H21F2N3O3. The number of hydrogen-bond donors (Lipinski definition) is 2. The summed E-state index contributed by atoms with van der Waals surface area (Å²) in [6.45, 7) is 3.57. The van der Waals surface area contributed by atoms with Gasteiger partial charge >= 0.3 is 0 Å². The molecule has 2 N–H and O–H groups in total. The van der Waals surface area contributed by atoms with Crippen LogP contribution in [0.25, 0.3) is 5.76 Å². The third-order valence-corrected chi connectivity index (χ3v) is 5.53. The molecule has 2 amide bonds. The van der Waals surface area contributed by atoms with Crippen molar-refractivity contribution < 1.29 is 23.5 Å². The summed E-state index contributed by atoms with van der Waals surface area (Å²) < 4.78 is 28.0. The quantitative estimate of drug-likeness (QED) is 0.497. The van der Waals surface area contributed by atoms with Gasteiger partial charge in [0.15, 0.2) is 0 Å². The number of aliphatic hydroxyl groups excluding tert-OH is 1. The zero-order valence-electron chi connectivity index (χ0n) is 17.6. The van der Waals surface area contributed by atoms with Gasteiger partial charge in [-0.3, -0.25) is 9.59 Å². The van der Waals surface area contributed by atoms with Gasteiger partial charge < -0.3 is 15.3 Å². The maximum absolute atomic E-state index is 14.7. The first kappa shape index (κ1) is 22.1. The third kappa shape index (κ3) is 4.74. The molecule has 33 heavy (non-hydrogen) atoms. The van der Waals surface area contributed by atoms with Crippen molar-refractivity contribution in [2.75, 3.05) is 5.32 Å². The minimum absolute atomic E-state index is 0.0157. The van der Waals surface area contributed by atoms with E-state index in [9.17, 15) is 23.5 Å². The third-order valence-electron chi connectivity index (χ3n) is 5.53.